The van der Waals surface area contributed by atoms with Crippen LogP contribution in [0.4, 0.5) is 5.69 Å². The van der Waals surface area contributed by atoms with Crippen molar-refractivity contribution in [1.29, 1.82) is 0 Å². The van der Waals surface area contributed by atoms with Gasteiger partial charge in [-0.2, -0.15) is 4.98 Å². The summed E-state index contributed by atoms with van der Waals surface area (Å²) in [6, 6.07) is 16.9. The first-order chi connectivity index (χ1) is 13.6. The van der Waals surface area contributed by atoms with Gasteiger partial charge in [-0.15, -0.1) is 0 Å². The van der Waals surface area contributed by atoms with Crippen LogP contribution in [0.2, 0.25) is 0 Å². The standard InChI is InChI=1S/C22H19N3O3/c1-14-10-15(2)12-17(11-14)22(26)23-18-7-4-3-6-16(18)13-20-24-21(25-28-20)19-8-5-9-27-19/h3-12H,13H2,1-2H3,(H,23,26). The number of nitrogens with zero attached hydrogens (tertiary/aromatic N) is 2. The highest BCUT2D eigenvalue weighted by molar-refractivity contribution is 6.04. The molecule has 2 heterocycles. The summed E-state index contributed by atoms with van der Waals surface area (Å²) in [6.07, 6.45) is 1.96. The Hall–Kier alpha value is -3.67. The minimum absolute atomic E-state index is 0.152. The Morgan fingerprint density at radius 2 is 1.82 bits per heavy atom. The van der Waals surface area contributed by atoms with E-state index in [-0.39, 0.29) is 5.91 Å². The van der Waals surface area contributed by atoms with Crippen molar-refractivity contribution in [3.63, 3.8) is 0 Å². The van der Waals surface area contributed by atoms with E-state index in [1.807, 2.05) is 56.3 Å². The number of hydrogen-bond acceptors (Lipinski definition) is 5. The molecule has 2 aromatic carbocycles. The quantitative estimate of drug-likeness (QED) is 0.544. The van der Waals surface area contributed by atoms with Gasteiger partial charge in [-0.3, -0.25) is 4.79 Å². The number of amides is 1. The van der Waals surface area contributed by atoms with Crippen LogP contribution < -0.4 is 5.32 Å². The fraction of sp³-hybridized carbons (Fsp3) is 0.136. The molecule has 0 aliphatic heterocycles. The van der Waals surface area contributed by atoms with E-state index in [9.17, 15) is 4.79 Å². The largest absolute Gasteiger partial charge is 0.461 e. The first-order valence-corrected chi connectivity index (χ1v) is 8.92. The summed E-state index contributed by atoms with van der Waals surface area (Å²) >= 11 is 0. The third kappa shape index (κ3) is 3.86. The van der Waals surface area contributed by atoms with Crippen molar-refractivity contribution < 1.29 is 13.7 Å². The van der Waals surface area contributed by atoms with Crippen molar-refractivity contribution in [3.8, 4) is 11.6 Å². The molecule has 1 N–H and O–H groups in total. The number of carbonyl (C=O) groups is 1. The second kappa shape index (κ2) is 7.52. The summed E-state index contributed by atoms with van der Waals surface area (Å²) in [5.74, 6) is 1.24. The van der Waals surface area contributed by atoms with Gasteiger partial charge in [0, 0.05) is 11.3 Å². The second-order valence-corrected chi connectivity index (χ2v) is 6.65. The zero-order valence-electron chi connectivity index (χ0n) is 15.6. The summed E-state index contributed by atoms with van der Waals surface area (Å²) in [5.41, 5.74) is 4.33. The van der Waals surface area contributed by atoms with E-state index in [2.05, 4.69) is 15.5 Å². The van der Waals surface area contributed by atoms with Gasteiger partial charge in [0.05, 0.1) is 12.7 Å². The molecule has 0 atom stereocenters. The van der Waals surface area contributed by atoms with E-state index in [4.69, 9.17) is 8.94 Å². The average molecular weight is 373 g/mol. The van der Waals surface area contributed by atoms with Crippen molar-refractivity contribution in [1.82, 2.24) is 10.1 Å². The molecule has 0 radical (unpaired) electrons. The summed E-state index contributed by atoms with van der Waals surface area (Å²) in [4.78, 5) is 17.1. The van der Waals surface area contributed by atoms with E-state index in [0.717, 1.165) is 16.7 Å². The molecule has 0 saturated heterocycles. The van der Waals surface area contributed by atoms with Crippen LogP contribution in [0.3, 0.4) is 0 Å². The van der Waals surface area contributed by atoms with Crippen molar-refractivity contribution in [2.75, 3.05) is 5.32 Å². The third-order valence-corrected chi connectivity index (χ3v) is 4.30. The van der Waals surface area contributed by atoms with Gasteiger partial charge < -0.3 is 14.3 Å². The number of carbonyl (C=O) groups excluding carboxylic acids is 1. The summed E-state index contributed by atoms with van der Waals surface area (Å²) in [5, 5.41) is 6.93. The molecule has 0 aliphatic rings. The fourth-order valence-corrected chi connectivity index (χ4v) is 3.09. The number of anilines is 1. The van der Waals surface area contributed by atoms with Gasteiger partial charge in [0.15, 0.2) is 5.76 Å². The Balaban J connectivity index is 1.55. The molecule has 0 saturated carbocycles. The van der Waals surface area contributed by atoms with Gasteiger partial charge in [-0.1, -0.05) is 40.5 Å². The summed E-state index contributed by atoms with van der Waals surface area (Å²) < 4.78 is 10.6. The Bertz CT molecular complexity index is 1090. The highest BCUT2D eigenvalue weighted by Gasteiger charge is 2.14. The predicted octanol–water partition coefficient (Wildman–Crippen LogP) is 4.79. The normalized spacial score (nSPS) is 10.8. The van der Waals surface area contributed by atoms with Gasteiger partial charge in [-0.25, -0.2) is 0 Å². The first-order valence-electron chi connectivity index (χ1n) is 8.92. The lowest BCUT2D eigenvalue weighted by molar-refractivity contribution is 0.102. The van der Waals surface area contributed by atoms with Crippen molar-refractivity contribution in [2.45, 2.75) is 20.3 Å². The Kier molecular flexibility index (Phi) is 4.76. The zero-order valence-corrected chi connectivity index (χ0v) is 15.6. The fourth-order valence-electron chi connectivity index (χ4n) is 3.09. The van der Waals surface area contributed by atoms with Crippen LogP contribution in [-0.2, 0) is 6.42 Å². The molecular formula is C22H19N3O3. The number of para-hydroxylation sites is 1. The molecule has 28 heavy (non-hydrogen) atoms. The van der Waals surface area contributed by atoms with Crippen molar-refractivity contribution in [2.24, 2.45) is 0 Å². The number of nitrogens with one attached hydrogen (secondary N) is 1. The minimum atomic E-state index is -0.152. The molecule has 6 heteroatoms. The van der Waals surface area contributed by atoms with Gasteiger partial charge in [0.25, 0.3) is 5.91 Å². The highest BCUT2D eigenvalue weighted by Crippen LogP contribution is 2.22. The number of aromatic nitrogens is 2. The molecule has 4 aromatic rings. The smallest absolute Gasteiger partial charge is 0.255 e. The van der Waals surface area contributed by atoms with Crippen LogP contribution >= 0.6 is 0 Å². The maximum absolute atomic E-state index is 12.7. The van der Waals surface area contributed by atoms with Crippen LogP contribution in [0, 0.1) is 13.8 Å². The summed E-state index contributed by atoms with van der Waals surface area (Å²) in [7, 11) is 0. The van der Waals surface area contributed by atoms with Crippen molar-refractivity contribution in [3.05, 3.63) is 89.0 Å². The lowest BCUT2D eigenvalue weighted by atomic mass is 10.1. The van der Waals surface area contributed by atoms with Crippen LogP contribution in [0.5, 0.6) is 0 Å². The van der Waals surface area contributed by atoms with E-state index < -0.39 is 0 Å². The molecule has 4 rings (SSSR count). The maximum Gasteiger partial charge on any atom is 0.255 e. The molecule has 0 fully saturated rings. The van der Waals surface area contributed by atoms with Crippen molar-refractivity contribution >= 4 is 11.6 Å². The lowest BCUT2D eigenvalue weighted by Gasteiger charge is -2.11. The lowest BCUT2D eigenvalue weighted by Crippen LogP contribution is -2.14. The van der Waals surface area contributed by atoms with E-state index >= 15 is 0 Å². The minimum Gasteiger partial charge on any atom is -0.461 e. The van der Waals surface area contributed by atoms with Gasteiger partial charge in [-0.05, 0) is 49.7 Å². The molecule has 2 aromatic heterocycles. The maximum atomic E-state index is 12.7. The summed E-state index contributed by atoms with van der Waals surface area (Å²) in [6.45, 7) is 3.95. The van der Waals surface area contributed by atoms with E-state index in [1.165, 1.54) is 0 Å². The van der Waals surface area contributed by atoms with Gasteiger partial charge >= 0.3 is 0 Å². The number of aryl methyl sites for hydroxylation is 2. The van der Waals surface area contributed by atoms with Crippen LogP contribution in [0.15, 0.2) is 69.8 Å². The molecule has 0 spiro atoms. The van der Waals surface area contributed by atoms with Gasteiger partial charge in [0.1, 0.15) is 0 Å². The first kappa shape index (κ1) is 17.7. The zero-order chi connectivity index (χ0) is 19.5. The topological polar surface area (TPSA) is 81.2 Å². The third-order valence-electron chi connectivity index (χ3n) is 4.30. The SMILES string of the molecule is Cc1cc(C)cc(C(=O)Nc2ccccc2Cc2nc(-c3ccco3)no2)c1. The number of furan rings is 1. The van der Waals surface area contributed by atoms with E-state index in [1.54, 1.807) is 18.4 Å². The molecule has 1 amide bonds. The van der Waals surface area contributed by atoms with Crippen LogP contribution in [0.1, 0.15) is 32.9 Å². The molecule has 0 bridgehead atoms. The average Bonchev–Trinajstić information content (AvgIpc) is 3.34. The predicted molar refractivity (Wildman–Crippen MR) is 105 cm³/mol. The molecule has 140 valence electrons. The van der Waals surface area contributed by atoms with E-state index in [0.29, 0.717) is 35.1 Å². The molecule has 0 aliphatic carbocycles. The highest BCUT2D eigenvalue weighted by atomic mass is 16.5. The molecular weight excluding hydrogens is 354 g/mol. The van der Waals surface area contributed by atoms with Gasteiger partial charge in [0.2, 0.25) is 11.7 Å². The monoisotopic (exact) mass is 373 g/mol. The number of benzene rings is 2. The molecule has 6 nitrogen and oxygen atoms in total. The van der Waals surface area contributed by atoms with Crippen LogP contribution in [0.25, 0.3) is 11.6 Å². The molecule has 0 unspecified atom stereocenters. The second-order valence-electron chi connectivity index (χ2n) is 6.65. The Morgan fingerprint density at radius 3 is 2.57 bits per heavy atom. The number of rotatable bonds is 5. The Morgan fingerprint density at radius 1 is 1.04 bits per heavy atom. The Labute approximate surface area is 162 Å². The number of hydrogen-bond donors (Lipinski definition) is 1. The van der Waals surface area contributed by atoms with Crippen LogP contribution in [-0.4, -0.2) is 16.0 Å².